The molecule has 1 aromatic heterocycles. The van der Waals surface area contributed by atoms with E-state index in [0.29, 0.717) is 37.2 Å². The maximum Gasteiger partial charge on any atom is 0.294 e. The molecule has 2 amide bonds. The number of carbonyl (C=O) groups excluding carboxylic acids is 2. The third-order valence-electron chi connectivity index (χ3n) is 10.3. The molecule has 1 aliphatic heterocycles. The van der Waals surface area contributed by atoms with Gasteiger partial charge in [-0.2, -0.15) is 13.5 Å². The van der Waals surface area contributed by atoms with Gasteiger partial charge in [0.15, 0.2) is 5.82 Å². The minimum atomic E-state index is -4.38. The molecule has 0 saturated heterocycles. The first kappa shape index (κ1) is 38.3. The molecule has 0 spiro atoms. The summed E-state index contributed by atoms with van der Waals surface area (Å²) in [6, 6.07) is 34.3. The van der Waals surface area contributed by atoms with Crippen LogP contribution in [-0.2, 0) is 33.3 Å². The van der Waals surface area contributed by atoms with Crippen LogP contribution in [0.1, 0.15) is 64.7 Å². The summed E-state index contributed by atoms with van der Waals surface area (Å²) < 4.78 is 38.8. The van der Waals surface area contributed by atoms with Crippen molar-refractivity contribution >= 4 is 33.8 Å². The molecular formula is C44H43N5O6S. The molecule has 1 fully saturated rings. The van der Waals surface area contributed by atoms with E-state index in [1.54, 1.807) is 12.1 Å². The highest BCUT2D eigenvalue weighted by molar-refractivity contribution is 7.85. The Labute approximate surface area is 326 Å². The highest BCUT2D eigenvalue weighted by atomic mass is 32.2. The minimum absolute atomic E-state index is 0.00249. The van der Waals surface area contributed by atoms with Crippen molar-refractivity contribution in [3.63, 3.8) is 0 Å². The van der Waals surface area contributed by atoms with Crippen LogP contribution in [0.15, 0.2) is 136 Å². The van der Waals surface area contributed by atoms with E-state index in [2.05, 4.69) is 80.5 Å². The molecule has 0 atom stereocenters. The summed E-state index contributed by atoms with van der Waals surface area (Å²) in [6.45, 7) is 1.20. The molecule has 7 rings (SSSR count). The van der Waals surface area contributed by atoms with Crippen LogP contribution >= 0.6 is 0 Å². The molecule has 2 heterocycles. The van der Waals surface area contributed by atoms with E-state index in [0.717, 1.165) is 49.0 Å². The van der Waals surface area contributed by atoms with E-state index >= 15 is 0 Å². The topological polar surface area (TPSA) is 159 Å². The van der Waals surface area contributed by atoms with Gasteiger partial charge in [0.05, 0.1) is 22.4 Å². The molecule has 11 nitrogen and oxygen atoms in total. The number of benzene rings is 4. The summed E-state index contributed by atoms with van der Waals surface area (Å²) in [4.78, 5) is 30.4. The van der Waals surface area contributed by atoms with Crippen LogP contribution < -0.4 is 15.4 Å². The molecule has 5 aromatic rings. The number of azo groups is 1. The quantitative estimate of drug-likeness (QED) is 0.0586. The van der Waals surface area contributed by atoms with E-state index < -0.39 is 15.5 Å². The van der Waals surface area contributed by atoms with Crippen molar-refractivity contribution in [1.29, 1.82) is 0 Å². The fraction of sp³-hybridized carbons (Fsp3) is 0.250. The largest absolute Gasteiger partial charge is 0.489 e. The van der Waals surface area contributed by atoms with E-state index in [1.807, 2.05) is 24.3 Å². The van der Waals surface area contributed by atoms with Gasteiger partial charge in [0, 0.05) is 24.8 Å². The summed E-state index contributed by atoms with van der Waals surface area (Å²) in [7, 11) is -4.38. The summed E-state index contributed by atoms with van der Waals surface area (Å²) in [5, 5.41) is 14.0. The number of hydrogen-bond acceptors (Lipinski definition) is 8. The number of ether oxygens (including phenoxy) is 1. The second-order valence-electron chi connectivity index (χ2n) is 14.1. The first-order chi connectivity index (χ1) is 27.2. The molecule has 286 valence electrons. The zero-order valence-corrected chi connectivity index (χ0v) is 31.7. The van der Waals surface area contributed by atoms with Gasteiger partial charge in [0.25, 0.3) is 16.0 Å². The molecule has 1 aliphatic carbocycles. The highest BCUT2D eigenvalue weighted by Crippen LogP contribution is 2.43. The summed E-state index contributed by atoms with van der Waals surface area (Å²) >= 11 is 0. The first-order valence-corrected chi connectivity index (χ1v) is 20.2. The normalized spacial score (nSPS) is 14.8. The molecule has 56 heavy (non-hydrogen) atoms. The highest BCUT2D eigenvalue weighted by Gasteiger charge is 2.43. The Morgan fingerprint density at radius 2 is 1.57 bits per heavy atom. The second-order valence-corrected chi connectivity index (χ2v) is 15.5. The van der Waals surface area contributed by atoms with Gasteiger partial charge in [-0.3, -0.25) is 14.1 Å². The summed E-state index contributed by atoms with van der Waals surface area (Å²) in [5.41, 5.74) is 6.85. The van der Waals surface area contributed by atoms with Crippen molar-refractivity contribution < 1.29 is 27.3 Å². The molecule has 2 aliphatic rings. The number of fused-ring (bicyclic) bond motifs is 1. The van der Waals surface area contributed by atoms with Gasteiger partial charge in [0.2, 0.25) is 5.91 Å². The van der Waals surface area contributed by atoms with Gasteiger partial charge < -0.3 is 15.4 Å². The van der Waals surface area contributed by atoms with E-state index in [1.165, 1.54) is 52.7 Å². The Bertz CT molecular complexity index is 2360. The maximum atomic E-state index is 13.8. The van der Waals surface area contributed by atoms with Crippen LogP contribution in [0.4, 0.5) is 5.82 Å². The lowest BCUT2D eigenvalue weighted by Gasteiger charge is -2.30. The molecule has 1 saturated carbocycles. The Kier molecular flexibility index (Phi) is 11.8. The third kappa shape index (κ3) is 9.10. The zero-order chi connectivity index (χ0) is 39.0. The molecule has 0 radical (unpaired) electrons. The molecule has 0 unspecified atom stereocenters. The van der Waals surface area contributed by atoms with Crippen molar-refractivity contribution in [1.82, 2.24) is 15.6 Å². The van der Waals surface area contributed by atoms with Gasteiger partial charge in [-0.15, -0.1) is 5.11 Å². The Morgan fingerprint density at radius 3 is 2.32 bits per heavy atom. The Balaban J connectivity index is 0.884. The van der Waals surface area contributed by atoms with Gasteiger partial charge in [-0.1, -0.05) is 97.8 Å². The van der Waals surface area contributed by atoms with Gasteiger partial charge >= 0.3 is 0 Å². The van der Waals surface area contributed by atoms with Crippen LogP contribution in [0.5, 0.6) is 5.75 Å². The van der Waals surface area contributed by atoms with Crippen molar-refractivity contribution in [2.75, 3.05) is 19.7 Å². The van der Waals surface area contributed by atoms with E-state index in [9.17, 15) is 22.6 Å². The number of amides is 2. The number of carbonyl (C=O) groups is 2. The lowest BCUT2D eigenvalue weighted by Crippen LogP contribution is -2.43. The lowest BCUT2D eigenvalue weighted by atomic mass is 9.77. The molecule has 4 aromatic carbocycles. The molecule has 0 bridgehead atoms. The van der Waals surface area contributed by atoms with Crippen LogP contribution in [-0.4, -0.2) is 49.5 Å². The van der Waals surface area contributed by atoms with Crippen LogP contribution in [0.25, 0.3) is 17.2 Å². The van der Waals surface area contributed by atoms with Gasteiger partial charge in [-0.05, 0) is 89.4 Å². The lowest BCUT2D eigenvalue weighted by molar-refractivity contribution is -0.126. The molecular weight excluding hydrogens is 727 g/mol. The summed E-state index contributed by atoms with van der Waals surface area (Å²) in [6.07, 6.45) is 8.44. The monoisotopic (exact) mass is 769 g/mol. The number of nitrogens with zero attached hydrogens (tertiary/aromatic N) is 3. The molecule has 3 N–H and O–H groups in total. The molecule has 12 heteroatoms. The second kappa shape index (κ2) is 17.2. The summed E-state index contributed by atoms with van der Waals surface area (Å²) in [5.74, 6) is 0.734. The SMILES string of the molecule is O=C(NCCCNC(=O)C1(c2ccc3c(c2)OCC(Cc2ccc(-c4ccccc4)cc2)=C3)CCCC1)c1ccc(N=NCc2ccccc2S(=O)(=O)O)nc1. The van der Waals surface area contributed by atoms with Crippen LogP contribution in [0.2, 0.25) is 0 Å². The predicted octanol–water partition coefficient (Wildman–Crippen LogP) is 8.05. The van der Waals surface area contributed by atoms with E-state index in [4.69, 9.17) is 4.74 Å². The smallest absolute Gasteiger partial charge is 0.294 e. The van der Waals surface area contributed by atoms with Crippen molar-refractivity contribution in [2.45, 2.75) is 55.4 Å². The first-order valence-electron chi connectivity index (χ1n) is 18.7. The zero-order valence-electron chi connectivity index (χ0n) is 30.9. The van der Waals surface area contributed by atoms with Crippen molar-refractivity contribution in [3.8, 4) is 16.9 Å². The Hall–Kier alpha value is -5.98. The Morgan fingerprint density at radius 1 is 0.839 bits per heavy atom. The number of pyridine rings is 1. The van der Waals surface area contributed by atoms with Gasteiger partial charge in [0.1, 0.15) is 12.4 Å². The average molecular weight is 770 g/mol. The average Bonchev–Trinajstić information content (AvgIpc) is 3.73. The van der Waals surface area contributed by atoms with E-state index in [-0.39, 0.29) is 29.1 Å². The standard InChI is InChI=1S/C44H43N5O6S/c50-42(37-18-20-41(47-28-37)49-48-29-36-11-4-5-12-40(36)56(52,53)54)45-23-8-24-46-43(51)44(21-6-7-22-44)38-19-17-35-26-32(30-55-39(35)27-38)25-31-13-15-34(16-14-31)33-9-2-1-3-10-33/h1-5,9-20,26-28H,6-8,21-25,29-30H2,(H,45,50)(H,46,51)(H,52,53,54). The number of nitrogens with one attached hydrogen (secondary N) is 2. The van der Waals surface area contributed by atoms with Crippen LogP contribution in [0, 0.1) is 0 Å². The van der Waals surface area contributed by atoms with Crippen molar-refractivity contribution in [3.05, 3.63) is 149 Å². The minimum Gasteiger partial charge on any atom is -0.489 e. The fourth-order valence-corrected chi connectivity index (χ4v) is 8.07. The van der Waals surface area contributed by atoms with Gasteiger partial charge in [-0.25, -0.2) is 4.98 Å². The van der Waals surface area contributed by atoms with Crippen LogP contribution in [0.3, 0.4) is 0 Å². The maximum absolute atomic E-state index is 13.8. The number of rotatable bonds is 14. The predicted molar refractivity (Wildman–Crippen MR) is 214 cm³/mol. The number of aromatic nitrogens is 1. The third-order valence-corrected chi connectivity index (χ3v) is 11.3. The number of hydrogen-bond donors (Lipinski definition) is 3. The fourth-order valence-electron chi connectivity index (χ4n) is 7.36. The van der Waals surface area contributed by atoms with Crippen molar-refractivity contribution in [2.24, 2.45) is 10.2 Å².